The largest absolute Gasteiger partial charge is 0.496 e. The molecule has 1 aliphatic heterocycles. The topological polar surface area (TPSA) is 81.6 Å². The maximum absolute atomic E-state index is 13.1. The molecule has 28 heavy (non-hydrogen) atoms. The number of carbonyl (C=O) groups excluding carboxylic acids is 1. The van der Waals surface area contributed by atoms with Crippen molar-refractivity contribution < 1.29 is 18.6 Å². The highest BCUT2D eigenvalue weighted by atomic mass is 16.5. The molecular weight excluding hydrogens is 358 g/mol. The number of carbonyl (C=O) groups is 1. The number of nitrogens with zero attached hydrogens (tertiary/aromatic N) is 3. The van der Waals surface area contributed by atoms with Crippen molar-refractivity contribution in [1.82, 2.24) is 15.2 Å². The molecular formula is C21H23N3O4. The van der Waals surface area contributed by atoms with E-state index < -0.39 is 0 Å². The Labute approximate surface area is 163 Å². The molecule has 0 saturated carbocycles. The van der Waals surface area contributed by atoms with Gasteiger partial charge in [-0.1, -0.05) is 36.3 Å². The molecule has 0 aliphatic carbocycles. The molecule has 1 fully saturated rings. The van der Waals surface area contributed by atoms with Crippen LogP contribution in [0.25, 0.3) is 11.3 Å². The lowest BCUT2D eigenvalue weighted by atomic mass is 10.1. The first-order valence-corrected chi connectivity index (χ1v) is 9.46. The molecule has 1 saturated heterocycles. The second-order valence-corrected chi connectivity index (χ2v) is 7.24. The fraction of sp³-hybridized carbons (Fsp3) is 0.381. The van der Waals surface area contributed by atoms with Gasteiger partial charge in [0.15, 0.2) is 11.5 Å². The number of rotatable bonds is 5. The summed E-state index contributed by atoms with van der Waals surface area (Å²) in [5.74, 6) is 2.09. The molecule has 2 aromatic heterocycles. The molecule has 4 rings (SSSR count). The van der Waals surface area contributed by atoms with Gasteiger partial charge in [0.2, 0.25) is 0 Å². The van der Waals surface area contributed by atoms with Gasteiger partial charge in [-0.15, -0.1) is 0 Å². The van der Waals surface area contributed by atoms with Crippen LogP contribution in [-0.2, 0) is 0 Å². The van der Waals surface area contributed by atoms with Crippen LogP contribution in [0.1, 0.15) is 60.6 Å². The molecule has 7 heteroatoms. The van der Waals surface area contributed by atoms with Gasteiger partial charge in [-0.3, -0.25) is 4.79 Å². The predicted molar refractivity (Wildman–Crippen MR) is 102 cm³/mol. The summed E-state index contributed by atoms with van der Waals surface area (Å²) in [6.07, 6.45) is 1.77. The standard InChI is InChI=1S/C21H23N3O4/c1-13(2)19-11-15(22-27-19)17-8-6-10-24(17)21(25)16-12-20(28-23-16)14-7-4-5-9-18(14)26-3/h4-5,7,9,11-13,17H,6,8,10H2,1-3H3/t17-/m0/s1. The Kier molecular flexibility index (Phi) is 4.90. The lowest BCUT2D eigenvalue weighted by molar-refractivity contribution is 0.0720. The number of ether oxygens (including phenoxy) is 1. The van der Waals surface area contributed by atoms with Gasteiger partial charge in [-0.2, -0.15) is 0 Å². The van der Waals surface area contributed by atoms with Crippen molar-refractivity contribution in [3.8, 4) is 17.1 Å². The molecule has 1 atom stereocenters. The molecule has 0 N–H and O–H groups in total. The van der Waals surface area contributed by atoms with Gasteiger partial charge in [-0.05, 0) is 25.0 Å². The lowest BCUT2D eigenvalue weighted by Crippen LogP contribution is -2.30. The van der Waals surface area contributed by atoms with Crippen LogP contribution >= 0.6 is 0 Å². The zero-order valence-corrected chi connectivity index (χ0v) is 16.2. The summed E-state index contributed by atoms with van der Waals surface area (Å²) in [5.41, 5.74) is 1.83. The van der Waals surface area contributed by atoms with Crippen molar-refractivity contribution in [2.75, 3.05) is 13.7 Å². The summed E-state index contributed by atoms with van der Waals surface area (Å²) >= 11 is 0. The maximum Gasteiger partial charge on any atom is 0.276 e. The fourth-order valence-corrected chi connectivity index (χ4v) is 3.55. The number of para-hydroxylation sites is 1. The monoisotopic (exact) mass is 381 g/mol. The van der Waals surface area contributed by atoms with Crippen molar-refractivity contribution in [3.63, 3.8) is 0 Å². The molecule has 1 aliphatic rings. The molecule has 1 amide bonds. The second-order valence-electron chi connectivity index (χ2n) is 7.24. The molecule has 3 heterocycles. The van der Waals surface area contributed by atoms with Gasteiger partial charge in [0, 0.05) is 24.6 Å². The van der Waals surface area contributed by atoms with Crippen molar-refractivity contribution in [2.24, 2.45) is 0 Å². The Morgan fingerprint density at radius 2 is 2.04 bits per heavy atom. The highest BCUT2D eigenvalue weighted by molar-refractivity contribution is 5.93. The summed E-state index contributed by atoms with van der Waals surface area (Å²) in [4.78, 5) is 14.9. The number of benzene rings is 1. The minimum Gasteiger partial charge on any atom is -0.496 e. The minimum absolute atomic E-state index is 0.102. The number of hydrogen-bond acceptors (Lipinski definition) is 6. The van der Waals surface area contributed by atoms with Crippen molar-refractivity contribution in [1.29, 1.82) is 0 Å². The Bertz CT molecular complexity index is 975. The first-order valence-electron chi connectivity index (χ1n) is 9.46. The van der Waals surface area contributed by atoms with Crippen molar-refractivity contribution in [2.45, 2.75) is 38.6 Å². The van der Waals surface area contributed by atoms with E-state index in [1.54, 1.807) is 18.1 Å². The number of likely N-dealkylation sites (tertiary alicyclic amines) is 1. The SMILES string of the molecule is COc1ccccc1-c1cc(C(=O)N2CCC[C@H]2c2cc(C(C)C)on2)no1. The smallest absolute Gasteiger partial charge is 0.276 e. The van der Waals surface area contributed by atoms with Gasteiger partial charge in [0.25, 0.3) is 5.91 Å². The molecule has 3 aromatic rings. The highest BCUT2D eigenvalue weighted by Crippen LogP contribution is 2.35. The Balaban J connectivity index is 1.58. The van der Waals surface area contributed by atoms with E-state index in [1.807, 2.05) is 30.3 Å². The van der Waals surface area contributed by atoms with Crippen LogP contribution in [0.15, 0.2) is 45.4 Å². The van der Waals surface area contributed by atoms with E-state index in [4.69, 9.17) is 13.8 Å². The molecule has 0 bridgehead atoms. The van der Waals surface area contributed by atoms with Crippen LogP contribution in [0, 0.1) is 0 Å². The molecule has 1 aromatic carbocycles. The maximum atomic E-state index is 13.1. The average Bonchev–Trinajstić information content (AvgIpc) is 3.47. The van der Waals surface area contributed by atoms with Crippen LogP contribution in [-0.4, -0.2) is 34.8 Å². The Hall–Kier alpha value is -3.09. The minimum atomic E-state index is -0.165. The average molecular weight is 381 g/mol. The Morgan fingerprint density at radius 3 is 2.79 bits per heavy atom. The van der Waals surface area contributed by atoms with E-state index in [0.717, 1.165) is 29.9 Å². The zero-order valence-electron chi connectivity index (χ0n) is 16.2. The number of hydrogen-bond donors (Lipinski definition) is 0. The number of methoxy groups -OCH3 is 1. The van der Waals surface area contributed by atoms with Gasteiger partial charge in [-0.25, -0.2) is 0 Å². The number of aromatic nitrogens is 2. The lowest BCUT2D eigenvalue weighted by Gasteiger charge is -2.21. The normalized spacial score (nSPS) is 16.7. The van der Waals surface area contributed by atoms with Gasteiger partial charge >= 0.3 is 0 Å². The van der Waals surface area contributed by atoms with Gasteiger partial charge in [0.1, 0.15) is 17.2 Å². The first-order chi connectivity index (χ1) is 13.6. The molecule has 0 spiro atoms. The summed E-state index contributed by atoms with van der Waals surface area (Å²) < 4.78 is 16.2. The number of amides is 1. The van der Waals surface area contributed by atoms with Crippen LogP contribution < -0.4 is 4.74 Å². The van der Waals surface area contributed by atoms with Crippen LogP contribution in [0.4, 0.5) is 0 Å². The van der Waals surface area contributed by atoms with E-state index in [1.165, 1.54) is 0 Å². The van der Waals surface area contributed by atoms with E-state index >= 15 is 0 Å². The summed E-state index contributed by atoms with van der Waals surface area (Å²) in [6.45, 7) is 4.76. The van der Waals surface area contributed by atoms with Crippen LogP contribution in [0.3, 0.4) is 0 Å². The van der Waals surface area contributed by atoms with E-state index in [-0.39, 0.29) is 23.6 Å². The third kappa shape index (κ3) is 3.28. The zero-order chi connectivity index (χ0) is 19.7. The summed E-state index contributed by atoms with van der Waals surface area (Å²) in [5, 5.41) is 8.20. The predicted octanol–water partition coefficient (Wildman–Crippen LogP) is 4.44. The van der Waals surface area contributed by atoms with Crippen molar-refractivity contribution >= 4 is 5.91 Å². The van der Waals surface area contributed by atoms with Crippen LogP contribution in [0.2, 0.25) is 0 Å². The molecule has 146 valence electrons. The van der Waals surface area contributed by atoms with Gasteiger partial charge in [0.05, 0.1) is 18.7 Å². The molecule has 7 nitrogen and oxygen atoms in total. The fourth-order valence-electron chi connectivity index (χ4n) is 3.55. The van der Waals surface area contributed by atoms with E-state index in [0.29, 0.717) is 18.1 Å². The summed E-state index contributed by atoms with van der Waals surface area (Å²) in [7, 11) is 1.60. The van der Waals surface area contributed by atoms with E-state index in [9.17, 15) is 4.79 Å². The highest BCUT2D eigenvalue weighted by Gasteiger charge is 2.34. The van der Waals surface area contributed by atoms with Crippen molar-refractivity contribution in [3.05, 3.63) is 53.5 Å². The van der Waals surface area contributed by atoms with E-state index in [2.05, 4.69) is 24.2 Å². The quantitative estimate of drug-likeness (QED) is 0.650. The molecule has 0 radical (unpaired) electrons. The first kappa shape index (κ1) is 18.3. The summed E-state index contributed by atoms with van der Waals surface area (Å²) in [6, 6.07) is 11.0. The Morgan fingerprint density at radius 1 is 1.21 bits per heavy atom. The molecule has 0 unspecified atom stereocenters. The second kappa shape index (κ2) is 7.50. The third-order valence-electron chi connectivity index (χ3n) is 5.07. The van der Waals surface area contributed by atoms with Gasteiger partial charge < -0.3 is 18.7 Å². The van der Waals surface area contributed by atoms with Crippen LogP contribution in [0.5, 0.6) is 5.75 Å². The third-order valence-corrected chi connectivity index (χ3v) is 5.07.